The summed E-state index contributed by atoms with van der Waals surface area (Å²) >= 11 is 0. The van der Waals surface area contributed by atoms with Crippen molar-refractivity contribution in [2.75, 3.05) is 24.6 Å². The average molecular weight is 452 g/mol. The number of nitrogens with zero attached hydrogens (tertiary/aromatic N) is 1. The van der Waals surface area contributed by atoms with Gasteiger partial charge in [0.15, 0.2) is 6.10 Å². The van der Waals surface area contributed by atoms with E-state index in [0.717, 1.165) is 24.3 Å². The van der Waals surface area contributed by atoms with Gasteiger partial charge >= 0.3 is 6.18 Å². The Labute approximate surface area is 182 Å². The molecular formula is C22H23F3N2O5. The number of alkyl halides is 3. The number of carbonyl (C=O) groups is 2. The van der Waals surface area contributed by atoms with E-state index in [1.54, 1.807) is 31.2 Å². The molecule has 0 bridgehead atoms. The van der Waals surface area contributed by atoms with Gasteiger partial charge in [-0.25, -0.2) is 0 Å². The maximum atomic E-state index is 12.6. The summed E-state index contributed by atoms with van der Waals surface area (Å²) in [4.78, 5) is 26.1. The zero-order valence-electron chi connectivity index (χ0n) is 17.3. The Kier molecular flexibility index (Phi) is 7.24. The largest absolute Gasteiger partial charge is 0.491 e. The van der Waals surface area contributed by atoms with Gasteiger partial charge in [0, 0.05) is 19.5 Å². The number of anilines is 1. The summed E-state index contributed by atoms with van der Waals surface area (Å²) < 4.78 is 48.5. The second kappa shape index (κ2) is 9.90. The number of halogens is 3. The van der Waals surface area contributed by atoms with E-state index in [2.05, 4.69) is 5.32 Å². The zero-order valence-corrected chi connectivity index (χ0v) is 17.3. The van der Waals surface area contributed by atoms with Gasteiger partial charge in [-0.2, -0.15) is 13.2 Å². The minimum absolute atomic E-state index is 0.0132. The number of aliphatic hydroxyl groups excluding tert-OH is 1. The van der Waals surface area contributed by atoms with Gasteiger partial charge in [0.05, 0.1) is 11.3 Å². The normalized spacial score (nSPS) is 16.7. The van der Waals surface area contributed by atoms with E-state index in [9.17, 15) is 27.9 Å². The number of amides is 2. The highest BCUT2D eigenvalue weighted by Crippen LogP contribution is 2.33. The first-order valence-electron chi connectivity index (χ1n) is 9.97. The highest BCUT2D eigenvalue weighted by molar-refractivity contribution is 6.00. The third kappa shape index (κ3) is 5.91. The molecule has 32 heavy (non-hydrogen) atoms. The molecule has 1 heterocycles. The third-order valence-corrected chi connectivity index (χ3v) is 4.79. The van der Waals surface area contributed by atoms with Gasteiger partial charge in [-0.15, -0.1) is 0 Å². The molecule has 1 aliphatic heterocycles. The van der Waals surface area contributed by atoms with Gasteiger partial charge in [-0.3, -0.25) is 9.59 Å². The first kappa shape index (κ1) is 23.4. The summed E-state index contributed by atoms with van der Waals surface area (Å²) in [6, 6.07) is 11.1. The Morgan fingerprint density at radius 1 is 1.22 bits per heavy atom. The van der Waals surface area contributed by atoms with Crippen LogP contribution in [-0.4, -0.2) is 48.8 Å². The van der Waals surface area contributed by atoms with Crippen LogP contribution in [0.2, 0.25) is 0 Å². The summed E-state index contributed by atoms with van der Waals surface area (Å²) in [7, 11) is 0. The van der Waals surface area contributed by atoms with Crippen molar-refractivity contribution < 1.29 is 37.3 Å². The van der Waals surface area contributed by atoms with Crippen LogP contribution in [0.3, 0.4) is 0 Å². The monoisotopic (exact) mass is 452 g/mol. The van der Waals surface area contributed by atoms with Gasteiger partial charge in [-0.05, 0) is 43.3 Å². The lowest BCUT2D eigenvalue weighted by Gasteiger charge is -2.32. The molecular weight excluding hydrogens is 429 g/mol. The van der Waals surface area contributed by atoms with Crippen molar-refractivity contribution in [2.45, 2.75) is 31.7 Å². The van der Waals surface area contributed by atoms with E-state index in [0.29, 0.717) is 11.4 Å². The number of fused-ring (bicyclic) bond motifs is 1. The molecule has 2 aromatic rings. The maximum Gasteiger partial charge on any atom is 0.416 e. The molecule has 10 heteroatoms. The molecule has 2 amide bonds. The number of para-hydroxylation sites is 2. The van der Waals surface area contributed by atoms with Crippen LogP contribution in [0.25, 0.3) is 0 Å². The minimum atomic E-state index is -4.44. The number of rotatable bonds is 8. The van der Waals surface area contributed by atoms with Gasteiger partial charge < -0.3 is 24.8 Å². The maximum absolute atomic E-state index is 12.6. The number of ether oxygens (including phenoxy) is 2. The van der Waals surface area contributed by atoms with Gasteiger partial charge in [-0.1, -0.05) is 12.1 Å². The lowest BCUT2D eigenvalue weighted by atomic mass is 10.1. The number of carbonyl (C=O) groups excluding carboxylic acids is 2. The molecule has 1 aliphatic rings. The molecule has 0 aromatic heterocycles. The molecule has 7 nitrogen and oxygen atoms in total. The SMILES string of the molecule is CC1Oc2ccccc2N(CCC(=O)NCC(O)COc2ccc(C(F)(F)F)cc2)C1=O. The van der Waals surface area contributed by atoms with Crippen molar-refractivity contribution in [1.29, 1.82) is 0 Å². The number of aliphatic hydroxyl groups is 1. The molecule has 2 N–H and O–H groups in total. The molecule has 2 aromatic carbocycles. The zero-order chi connectivity index (χ0) is 23.3. The van der Waals surface area contributed by atoms with E-state index in [1.165, 1.54) is 4.90 Å². The topological polar surface area (TPSA) is 88.1 Å². The van der Waals surface area contributed by atoms with Crippen LogP contribution in [0.15, 0.2) is 48.5 Å². The lowest BCUT2D eigenvalue weighted by Crippen LogP contribution is -2.46. The molecule has 172 valence electrons. The number of hydrogen-bond acceptors (Lipinski definition) is 5. The molecule has 0 saturated heterocycles. The second-order valence-corrected chi connectivity index (χ2v) is 7.26. The Morgan fingerprint density at radius 3 is 2.59 bits per heavy atom. The van der Waals surface area contributed by atoms with Crippen LogP contribution in [-0.2, 0) is 15.8 Å². The lowest BCUT2D eigenvalue weighted by molar-refractivity contribution is -0.137. The summed E-state index contributed by atoms with van der Waals surface area (Å²) in [5.74, 6) is 0.113. The highest BCUT2D eigenvalue weighted by Gasteiger charge is 2.31. The van der Waals surface area contributed by atoms with E-state index in [4.69, 9.17) is 9.47 Å². The molecule has 0 saturated carbocycles. The van der Waals surface area contributed by atoms with E-state index in [1.807, 2.05) is 0 Å². The van der Waals surface area contributed by atoms with Crippen LogP contribution in [0, 0.1) is 0 Å². The van der Waals surface area contributed by atoms with Crippen molar-refractivity contribution in [3.05, 3.63) is 54.1 Å². The average Bonchev–Trinajstić information content (AvgIpc) is 2.76. The standard InChI is InChI=1S/C22H23F3N2O5/c1-14-21(30)27(18-4-2-3-5-19(18)32-14)11-10-20(29)26-12-16(28)13-31-17-8-6-15(7-9-17)22(23,24)25/h2-9,14,16,28H,10-13H2,1H3,(H,26,29). The summed E-state index contributed by atoms with van der Waals surface area (Å²) in [5.41, 5.74) is -0.207. The van der Waals surface area contributed by atoms with Crippen molar-refractivity contribution in [1.82, 2.24) is 5.32 Å². The fourth-order valence-electron chi connectivity index (χ4n) is 3.11. The molecule has 0 fully saturated rings. The highest BCUT2D eigenvalue weighted by atomic mass is 19.4. The van der Waals surface area contributed by atoms with Gasteiger partial charge in [0.25, 0.3) is 5.91 Å². The molecule has 0 radical (unpaired) electrons. The number of benzene rings is 2. The predicted molar refractivity (Wildman–Crippen MR) is 109 cm³/mol. The van der Waals surface area contributed by atoms with Crippen LogP contribution >= 0.6 is 0 Å². The van der Waals surface area contributed by atoms with Crippen LogP contribution < -0.4 is 19.7 Å². The van der Waals surface area contributed by atoms with Crippen molar-refractivity contribution >= 4 is 17.5 Å². The Morgan fingerprint density at radius 2 is 1.91 bits per heavy atom. The van der Waals surface area contributed by atoms with Crippen LogP contribution in [0.1, 0.15) is 18.9 Å². The van der Waals surface area contributed by atoms with Gasteiger partial charge in [0.2, 0.25) is 5.91 Å². The molecule has 2 unspecified atom stereocenters. The van der Waals surface area contributed by atoms with E-state index in [-0.39, 0.29) is 43.7 Å². The Hall–Kier alpha value is -3.27. The number of hydrogen-bond donors (Lipinski definition) is 2. The summed E-state index contributed by atoms with van der Waals surface area (Å²) in [6.45, 7) is 1.47. The van der Waals surface area contributed by atoms with Crippen LogP contribution in [0.5, 0.6) is 11.5 Å². The van der Waals surface area contributed by atoms with Crippen molar-refractivity contribution in [2.24, 2.45) is 0 Å². The number of nitrogens with one attached hydrogen (secondary N) is 1. The Balaban J connectivity index is 1.42. The van der Waals surface area contributed by atoms with E-state index < -0.39 is 23.9 Å². The van der Waals surface area contributed by atoms with E-state index >= 15 is 0 Å². The predicted octanol–water partition coefficient (Wildman–Crippen LogP) is 2.77. The molecule has 0 spiro atoms. The molecule has 0 aliphatic carbocycles. The molecule has 3 rings (SSSR count). The van der Waals surface area contributed by atoms with Crippen LogP contribution in [0.4, 0.5) is 18.9 Å². The summed E-state index contributed by atoms with van der Waals surface area (Å²) in [5, 5.41) is 12.5. The fourth-order valence-corrected chi connectivity index (χ4v) is 3.11. The fraction of sp³-hybridized carbons (Fsp3) is 0.364. The minimum Gasteiger partial charge on any atom is -0.491 e. The van der Waals surface area contributed by atoms with Crippen molar-refractivity contribution in [3.8, 4) is 11.5 Å². The second-order valence-electron chi connectivity index (χ2n) is 7.26. The Bertz CT molecular complexity index is 949. The quantitative estimate of drug-likeness (QED) is 0.643. The van der Waals surface area contributed by atoms with Crippen molar-refractivity contribution in [3.63, 3.8) is 0 Å². The smallest absolute Gasteiger partial charge is 0.416 e. The van der Waals surface area contributed by atoms with Gasteiger partial charge in [0.1, 0.15) is 24.2 Å². The summed E-state index contributed by atoms with van der Waals surface area (Å²) in [6.07, 6.45) is -6.14. The first-order valence-corrected chi connectivity index (χ1v) is 9.97. The third-order valence-electron chi connectivity index (χ3n) is 4.79. The first-order chi connectivity index (χ1) is 15.1. The molecule has 2 atom stereocenters.